The van der Waals surface area contributed by atoms with Crippen LogP contribution in [0.2, 0.25) is 0 Å². The van der Waals surface area contributed by atoms with Crippen LogP contribution in [0.3, 0.4) is 0 Å². The fraction of sp³-hybridized carbons (Fsp3) is 0.909. The maximum Gasteiger partial charge on any atom is 0.323 e. The van der Waals surface area contributed by atoms with Crippen LogP contribution in [0.25, 0.3) is 0 Å². The summed E-state index contributed by atoms with van der Waals surface area (Å²) in [4.78, 5) is 13.9. The van der Waals surface area contributed by atoms with E-state index >= 15 is 0 Å². The summed E-state index contributed by atoms with van der Waals surface area (Å²) in [5.41, 5.74) is 0. The molecule has 2 heterocycles. The zero-order valence-corrected chi connectivity index (χ0v) is 8.87. The highest BCUT2D eigenvalue weighted by atomic mass is 16.5. The summed E-state index contributed by atoms with van der Waals surface area (Å²) in [6.45, 7) is 4.22. The Bertz CT molecular complexity index is 217. The predicted molar refractivity (Wildman–Crippen MR) is 54.0 cm³/mol. The largest absolute Gasteiger partial charge is 0.460 e. The molecule has 0 spiro atoms. The molecule has 2 aliphatic heterocycles. The average molecular weight is 197 g/mol. The van der Waals surface area contributed by atoms with E-state index in [2.05, 4.69) is 11.8 Å². The van der Waals surface area contributed by atoms with E-state index in [-0.39, 0.29) is 18.1 Å². The van der Waals surface area contributed by atoms with Gasteiger partial charge in [0, 0.05) is 6.54 Å². The van der Waals surface area contributed by atoms with Gasteiger partial charge in [0.1, 0.15) is 12.1 Å². The highest BCUT2D eigenvalue weighted by Crippen LogP contribution is 2.25. The molecule has 2 fully saturated rings. The Kier molecular flexibility index (Phi) is 3.06. The first-order chi connectivity index (χ1) is 6.81. The van der Waals surface area contributed by atoms with E-state index in [9.17, 15) is 4.79 Å². The van der Waals surface area contributed by atoms with Gasteiger partial charge in [0.25, 0.3) is 0 Å². The van der Waals surface area contributed by atoms with Crippen LogP contribution in [0.4, 0.5) is 0 Å². The molecule has 3 nitrogen and oxygen atoms in total. The average Bonchev–Trinajstić information content (AvgIpc) is 2.63. The zero-order chi connectivity index (χ0) is 9.97. The van der Waals surface area contributed by atoms with E-state index in [0.717, 1.165) is 38.8 Å². The number of nitrogens with zero attached hydrogens (tertiary/aromatic N) is 1. The highest BCUT2D eigenvalue weighted by molar-refractivity contribution is 5.77. The first-order valence-corrected chi connectivity index (χ1v) is 5.76. The molecular weight excluding hydrogens is 178 g/mol. The molecule has 0 amide bonds. The molecule has 2 rings (SSSR count). The molecule has 0 bridgehead atoms. The third kappa shape index (κ3) is 1.92. The number of ether oxygens (including phenoxy) is 1. The zero-order valence-electron chi connectivity index (χ0n) is 8.87. The number of esters is 1. The second-order valence-corrected chi connectivity index (χ2v) is 4.35. The van der Waals surface area contributed by atoms with Gasteiger partial charge in [-0.1, -0.05) is 13.3 Å². The number of carbonyl (C=O) groups is 1. The number of morpholine rings is 1. The van der Waals surface area contributed by atoms with Crippen molar-refractivity contribution in [2.45, 2.75) is 51.2 Å². The standard InChI is InChI=1S/C11H19NO2/c1-2-3-5-9-8-12-7-4-6-10(12)11(13)14-9/h9-10H,2-8H2,1H3/t9-,10-/m0/s1. The van der Waals surface area contributed by atoms with Gasteiger partial charge in [0.2, 0.25) is 0 Å². The molecule has 0 aromatic carbocycles. The van der Waals surface area contributed by atoms with Crippen LogP contribution in [0.5, 0.6) is 0 Å². The SMILES string of the molecule is CCCC[C@H]1CN2CCC[C@H]2C(=O)O1. The number of fused-ring (bicyclic) bond motifs is 1. The van der Waals surface area contributed by atoms with Crippen molar-refractivity contribution in [1.29, 1.82) is 0 Å². The minimum atomic E-state index is 0.0230. The number of cyclic esters (lactones) is 1. The molecule has 0 radical (unpaired) electrons. The van der Waals surface area contributed by atoms with Crippen molar-refractivity contribution >= 4 is 5.97 Å². The van der Waals surface area contributed by atoms with Gasteiger partial charge in [-0.3, -0.25) is 9.69 Å². The number of hydrogen-bond donors (Lipinski definition) is 0. The maximum atomic E-state index is 11.6. The number of hydrogen-bond acceptors (Lipinski definition) is 3. The highest BCUT2D eigenvalue weighted by Gasteiger charge is 2.38. The van der Waals surface area contributed by atoms with Crippen LogP contribution in [0.15, 0.2) is 0 Å². The Morgan fingerprint density at radius 2 is 2.43 bits per heavy atom. The Labute approximate surface area is 85.4 Å². The Hall–Kier alpha value is -0.570. The second kappa shape index (κ2) is 4.30. The lowest BCUT2D eigenvalue weighted by atomic mass is 10.1. The van der Waals surface area contributed by atoms with Crippen LogP contribution < -0.4 is 0 Å². The first kappa shape index (κ1) is 9.97. The van der Waals surface area contributed by atoms with Crippen LogP contribution in [-0.2, 0) is 9.53 Å². The van der Waals surface area contributed by atoms with Crippen molar-refractivity contribution in [3.05, 3.63) is 0 Å². The quantitative estimate of drug-likeness (QED) is 0.643. The van der Waals surface area contributed by atoms with Crippen molar-refractivity contribution in [2.75, 3.05) is 13.1 Å². The number of rotatable bonds is 3. The molecule has 14 heavy (non-hydrogen) atoms. The number of unbranched alkanes of at least 4 members (excludes halogenated alkanes) is 1. The van der Waals surface area contributed by atoms with Gasteiger partial charge >= 0.3 is 5.97 Å². The van der Waals surface area contributed by atoms with Crippen LogP contribution in [0, 0.1) is 0 Å². The fourth-order valence-corrected chi connectivity index (χ4v) is 2.44. The van der Waals surface area contributed by atoms with Crippen LogP contribution >= 0.6 is 0 Å². The smallest absolute Gasteiger partial charge is 0.323 e. The molecule has 2 atom stereocenters. The topological polar surface area (TPSA) is 29.5 Å². The maximum absolute atomic E-state index is 11.6. The summed E-state index contributed by atoms with van der Waals surface area (Å²) >= 11 is 0. The van der Waals surface area contributed by atoms with E-state index in [1.54, 1.807) is 0 Å². The molecule has 0 N–H and O–H groups in total. The van der Waals surface area contributed by atoms with Crippen molar-refractivity contribution < 1.29 is 9.53 Å². The van der Waals surface area contributed by atoms with E-state index in [1.165, 1.54) is 6.42 Å². The third-order valence-corrected chi connectivity index (χ3v) is 3.24. The van der Waals surface area contributed by atoms with Gasteiger partial charge in [-0.05, 0) is 32.2 Å². The lowest BCUT2D eigenvalue weighted by Crippen LogP contribution is -2.49. The van der Waals surface area contributed by atoms with Crippen molar-refractivity contribution in [3.63, 3.8) is 0 Å². The van der Waals surface area contributed by atoms with E-state index in [1.807, 2.05) is 0 Å². The monoisotopic (exact) mass is 197 g/mol. The van der Waals surface area contributed by atoms with E-state index in [0.29, 0.717) is 0 Å². The van der Waals surface area contributed by atoms with E-state index in [4.69, 9.17) is 4.74 Å². The normalized spacial score (nSPS) is 32.8. The minimum absolute atomic E-state index is 0.0230. The van der Waals surface area contributed by atoms with Gasteiger partial charge < -0.3 is 4.74 Å². The number of carbonyl (C=O) groups excluding carboxylic acids is 1. The molecule has 0 unspecified atom stereocenters. The van der Waals surface area contributed by atoms with Gasteiger partial charge in [0.05, 0.1) is 0 Å². The molecule has 0 aromatic heterocycles. The summed E-state index contributed by atoms with van der Waals surface area (Å²) in [6, 6.07) is 0.0906. The van der Waals surface area contributed by atoms with Crippen molar-refractivity contribution in [2.24, 2.45) is 0 Å². The molecule has 0 aromatic rings. The minimum Gasteiger partial charge on any atom is -0.460 e. The fourth-order valence-electron chi connectivity index (χ4n) is 2.44. The van der Waals surface area contributed by atoms with Crippen molar-refractivity contribution in [1.82, 2.24) is 4.90 Å². The summed E-state index contributed by atoms with van der Waals surface area (Å²) in [7, 11) is 0. The van der Waals surface area contributed by atoms with Crippen LogP contribution in [0.1, 0.15) is 39.0 Å². The van der Waals surface area contributed by atoms with E-state index < -0.39 is 0 Å². The molecule has 2 saturated heterocycles. The van der Waals surface area contributed by atoms with Gasteiger partial charge in [-0.2, -0.15) is 0 Å². The Morgan fingerprint density at radius 1 is 1.57 bits per heavy atom. The van der Waals surface area contributed by atoms with Gasteiger partial charge in [0.15, 0.2) is 0 Å². The molecule has 2 aliphatic rings. The summed E-state index contributed by atoms with van der Waals surface area (Å²) < 4.78 is 5.42. The lowest BCUT2D eigenvalue weighted by molar-refractivity contribution is -0.164. The Morgan fingerprint density at radius 3 is 3.21 bits per heavy atom. The summed E-state index contributed by atoms with van der Waals surface area (Å²) in [6.07, 6.45) is 5.69. The first-order valence-electron chi connectivity index (χ1n) is 5.76. The summed E-state index contributed by atoms with van der Waals surface area (Å²) in [5, 5.41) is 0. The Balaban J connectivity index is 1.89. The third-order valence-electron chi connectivity index (χ3n) is 3.24. The summed E-state index contributed by atoms with van der Waals surface area (Å²) in [5.74, 6) is 0.0230. The second-order valence-electron chi connectivity index (χ2n) is 4.35. The van der Waals surface area contributed by atoms with Gasteiger partial charge in [-0.25, -0.2) is 0 Å². The molecule has 0 saturated carbocycles. The van der Waals surface area contributed by atoms with Gasteiger partial charge in [-0.15, -0.1) is 0 Å². The molecule has 0 aliphatic carbocycles. The molecule has 80 valence electrons. The molecular formula is C11H19NO2. The predicted octanol–water partition coefficient (Wildman–Crippen LogP) is 1.57. The molecule has 3 heteroatoms. The van der Waals surface area contributed by atoms with Crippen molar-refractivity contribution in [3.8, 4) is 0 Å². The lowest BCUT2D eigenvalue weighted by Gasteiger charge is -2.33. The van der Waals surface area contributed by atoms with Crippen LogP contribution in [-0.4, -0.2) is 36.1 Å².